The average molecular weight is 196 g/mol. The molecule has 0 spiro atoms. The monoisotopic (exact) mass is 196 g/mol. The van der Waals surface area contributed by atoms with Crippen LogP contribution in [0, 0.1) is 0 Å². The number of carbonyl (C=O) groups excluding carboxylic acids is 1. The van der Waals surface area contributed by atoms with Crippen LogP contribution >= 0.6 is 7.82 Å². The smallest absolute Gasteiger partial charge is 0.388 e. The maximum Gasteiger partial charge on any atom is 0.527 e. The molecule has 0 fully saturated rings. The second-order valence-corrected chi connectivity index (χ2v) is 3.23. The van der Waals surface area contributed by atoms with Crippen LogP contribution in [0.4, 0.5) is 0 Å². The predicted molar refractivity (Wildman–Crippen MR) is 39.0 cm³/mol. The number of carbonyl (C=O) groups is 1. The fraction of sp³-hybridized carbons (Fsp3) is 0.400. The number of phosphoric acid groups is 1. The Kier molecular flexibility index (Phi) is 3.60. The number of aliphatic hydroxyl groups excluding tert-OH is 1. The summed E-state index contributed by atoms with van der Waals surface area (Å²) in [5, 5.41) is 8.73. The Hall–Kier alpha value is -0.680. The van der Waals surface area contributed by atoms with E-state index in [9.17, 15) is 9.36 Å². The Morgan fingerprint density at radius 1 is 1.58 bits per heavy atom. The van der Waals surface area contributed by atoms with Gasteiger partial charge in [-0.25, -0.2) is 9.36 Å². The van der Waals surface area contributed by atoms with Gasteiger partial charge < -0.3 is 9.63 Å². The van der Waals surface area contributed by atoms with Crippen LogP contribution in [0.1, 0.15) is 6.92 Å². The van der Waals surface area contributed by atoms with Crippen molar-refractivity contribution in [2.45, 2.75) is 13.0 Å². The van der Waals surface area contributed by atoms with Crippen LogP contribution in [0.25, 0.3) is 0 Å². The lowest BCUT2D eigenvalue weighted by atomic mass is 10.2. The Labute approximate surface area is 68.7 Å². The zero-order valence-corrected chi connectivity index (χ0v) is 7.19. The van der Waals surface area contributed by atoms with Gasteiger partial charge in [0.1, 0.15) is 0 Å². The first kappa shape index (κ1) is 11.3. The van der Waals surface area contributed by atoms with Crippen molar-refractivity contribution in [1.29, 1.82) is 0 Å². The highest BCUT2D eigenvalue weighted by molar-refractivity contribution is 7.46. The lowest BCUT2D eigenvalue weighted by Gasteiger charge is -2.08. The van der Waals surface area contributed by atoms with Crippen LogP contribution in [-0.4, -0.2) is 27.0 Å². The highest BCUT2D eigenvalue weighted by Crippen LogP contribution is 2.36. The molecular weight excluding hydrogens is 187 g/mol. The summed E-state index contributed by atoms with van der Waals surface area (Å²) >= 11 is 0. The van der Waals surface area contributed by atoms with Crippen molar-refractivity contribution in [3.63, 3.8) is 0 Å². The topological polar surface area (TPSA) is 104 Å². The van der Waals surface area contributed by atoms with E-state index in [1.54, 1.807) is 0 Å². The van der Waals surface area contributed by atoms with Crippen molar-refractivity contribution in [2.24, 2.45) is 0 Å². The molecule has 0 aliphatic rings. The summed E-state index contributed by atoms with van der Waals surface area (Å²) in [6.45, 7) is 4.30. The van der Waals surface area contributed by atoms with Crippen LogP contribution in [0.5, 0.6) is 0 Å². The Morgan fingerprint density at radius 2 is 2.00 bits per heavy atom. The third-order valence-corrected chi connectivity index (χ3v) is 1.37. The summed E-state index contributed by atoms with van der Waals surface area (Å²) < 4.78 is 13.7. The van der Waals surface area contributed by atoms with E-state index < -0.39 is 25.5 Å². The normalized spacial score (nSPS) is 13.7. The van der Waals surface area contributed by atoms with E-state index in [1.807, 2.05) is 0 Å². The minimum atomic E-state index is -4.84. The minimum Gasteiger partial charge on any atom is -0.388 e. The number of rotatable bonds is 3. The molecule has 0 aliphatic carbocycles. The first-order chi connectivity index (χ1) is 5.24. The Morgan fingerprint density at radius 3 is 2.25 bits per heavy atom. The van der Waals surface area contributed by atoms with E-state index in [0.29, 0.717) is 0 Å². The number of hydrogen-bond acceptors (Lipinski definition) is 4. The fourth-order valence-corrected chi connectivity index (χ4v) is 0.670. The SMILES string of the molecule is C=C(C(=O)OP(=O)(O)O)C(C)O. The molecule has 70 valence electrons. The van der Waals surface area contributed by atoms with Gasteiger partial charge in [0.2, 0.25) is 0 Å². The van der Waals surface area contributed by atoms with Gasteiger partial charge in [-0.3, -0.25) is 9.79 Å². The Bertz CT molecular complexity index is 238. The second kappa shape index (κ2) is 3.82. The van der Waals surface area contributed by atoms with E-state index in [4.69, 9.17) is 14.9 Å². The molecule has 0 aromatic carbocycles. The summed E-state index contributed by atoms with van der Waals surface area (Å²) in [5.41, 5.74) is -0.404. The molecule has 0 amide bonds. The molecule has 12 heavy (non-hydrogen) atoms. The molecule has 0 saturated heterocycles. The van der Waals surface area contributed by atoms with E-state index in [-0.39, 0.29) is 0 Å². The fourth-order valence-electron chi connectivity index (χ4n) is 0.337. The molecule has 0 aromatic rings. The van der Waals surface area contributed by atoms with Crippen LogP contribution in [0.3, 0.4) is 0 Å². The maximum atomic E-state index is 10.6. The third kappa shape index (κ3) is 4.25. The first-order valence-corrected chi connectivity index (χ1v) is 4.43. The van der Waals surface area contributed by atoms with Crippen LogP contribution < -0.4 is 0 Å². The molecule has 3 N–H and O–H groups in total. The summed E-state index contributed by atoms with van der Waals surface area (Å²) in [4.78, 5) is 27.0. The molecule has 0 bridgehead atoms. The first-order valence-electron chi connectivity index (χ1n) is 2.90. The molecule has 7 heteroatoms. The number of phosphoric ester groups is 1. The maximum absolute atomic E-state index is 10.6. The minimum absolute atomic E-state index is 0.404. The van der Waals surface area contributed by atoms with E-state index in [1.165, 1.54) is 6.92 Å². The molecule has 1 atom stereocenters. The van der Waals surface area contributed by atoms with E-state index >= 15 is 0 Å². The van der Waals surface area contributed by atoms with Gasteiger partial charge in [0, 0.05) is 0 Å². The van der Waals surface area contributed by atoms with E-state index in [2.05, 4.69) is 11.1 Å². The average Bonchev–Trinajstić information content (AvgIpc) is 1.82. The Balaban J connectivity index is 4.25. The molecule has 0 heterocycles. The molecule has 1 unspecified atom stereocenters. The number of hydrogen-bond donors (Lipinski definition) is 3. The van der Waals surface area contributed by atoms with E-state index in [0.717, 1.165) is 0 Å². The van der Waals surface area contributed by atoms with Crippen LogP contribution in [0.2, 0.25) is 0 Å². The molecule has 0 aromatic heterocycles. The number of aliphatic hydroxyl groups is 1. The summed E-state index contributed by atoms with van der Waals surface area (Å²) in [7, 11) is -4.84. The highest BCUT2D eigenvalue weighted by Gasteiger charge is 2.24. The zero-order valence-electron chi connectivity index (χ0n) is 6.30. The quantitative estimate of drug-likeness (QED) is 0.417. The summed E-state index contributed by atoms with van der Waals surface area (Å²) in [5.74, 6) is -1.31. The largest absolute Gasteiger partial charge is 0.527 e. The van der Waals surface area contributed by atoms with Gasteiger partial charge in [0.25, 0.3) is 0 Å². The van der Waals surface area contributed by atoms with Gasteiger partial charge in [-0.2, -0.15) is 0 Å². The summed E-state index contributed by atoms with van der Waals surface area (Å²) in [6, 6.07) is 0. The van der Waals surface area contributed by atoms with Crippen molar-refractivity contribution >= 4 is 13.8 Å². The van der Waals surface area contributed by atoms with Gasteiger partial charge in [0.15, 0.2) is 0 Å². The van der Waals surface area contributed by atoms with Gasteiger partial charge in [-0.05, 0) is 6.92 Å². The van der Waals surface area contributed by atoms with Crippen molar-refractivity contribution < 1.29 is 28.8 Å². The van der Waals surface area contributed by atoms with Crippen LogP contribution in [-0.2, 0) is 13.9 Å². The van der Waals surface area contributed by atoms with Gasteiger partial charge in [-0.1, -0.05) is 6.58 Å². The highest BCUT2D eigenvalue weighted by atomic mass is 31.2. The predicted octanol–water partition coefficient (Wildman–Crippen LogP) is -0.441. The molecule has 0 saturated carbocycles. The molecule has 0 aliphatic heterocycles. The van der Waals surface area contributed by atoms with Crippen molar-refractivity contribution in [2.75, 3.05) is 0 Å². The van der Waals surface area contributed by atoms with Crippen molar-refractivity contribution in [1.82, 2.24) is 0 Å². The van der Waals surface area contributed by atoms with Crippen molar-refractivity contribution in [3.8, 4) is 0 Å². The second-order valence-electron chi connectivity index (χ2n) is 2.07. The van der Waals surface area contributed by atoms with Gasteiger partial charge >= 0.3 is 13.8 Å². The van der Waals surface area contributed by atoms with Crippen molar-refractivity contribution in [3.05, 3.63) is 12.2 Å². The van der Waals surface area contributed by atoms with Crippen LogP contribution in [0.15, 0.2) is 12.2 Å². The molecule has 6 nitrogen and oxygen atoms in total. The molecular formula is C5H9O6P. The zero-order chi connectivity index (χ0) is 9.94. The standard InChI is InChI=1S/C5H9O6P/c1-3(4(2)6)5(7)11-12(8,9)10/h4,6H,1H2,2H3,(H2,8,9,10). The van der Waals surface area contributed by atoms with Gasteiger partial charge in [-0.15, -0.1) is 0 Å². The summed E-state index contributed by atoms with van der Waals surface area (Å²) in [6.07, 6.45) is -1.19. The lowest BCUT2D eigenvalue weighted by molar-refractivity contribution is -0.132. The molecule has 0 rings (SSSR count). The van der Waals surface area contributed by atoms with Gasteiger partial charge in [0.05, 0.1) is 11.7 Å². The third-order valence-electron chi connectivity index (χ3n) is 0.968. The lowest BCUT2D eigenvalue weighted by Crippen LogP contribution is -2.15. The molecule has 0 radical (unpaired) electrons.